The summed E-state index contributed by atoms with van der Waals surface area (Å²) in [5.41, 5.74) is 0.124. The predicted molar refractivity (Wildman–Crippen MR) is 143 cm³/mol. The van der Waals surface area contributed by atoms with Crippen LogP contribution in [0.5, 0.6) is 5.75 Å². The van der Waals surface area contributed by atoms with Gasteiger partial charge in [-0.1, -0.05) is 59.6 Å². The second kappa shape index (κ2) is 8.48. The number of benzene rings is 2. The summed E-state index contributed by atoms with van der Waals surface area (Å²) in [6, 6.07) is 13.4. The molecule has 3 aromatic rings. The summed E-state index contributed by atoms with van der Waals surface area (Å²) >= 11 is 26.6. The van der Waals surface area contributed by atoms with E-state index in [9.17, 15) is 24.3 Å². The van der Waals surface area contributed by atoms with Gasteiger partial charge in [-0.3, -0.25) is 9.59 Å². The van der Waals surface area contributed by atoms with Gasteiger partial charge in [-0.05, 0) is 35.4 Å². The number of halogens is 4. The summed E-state index contributed by atoms with van der Waals surface area (Å²) in [4.78, 5) is 50.1. The Labute approximate surface area is 234 Å². The lowest BCUT2D eigenvalue weighted by Crippen LogP contribution is -2.67. The molecule has 2 heterocycles. The van der Waals surface area contributed by atoms with Crippen molar-refractivity contribution in [1.82, 2.24) is 13.9 Å². The minimum atomic E-state index is -2.11. The van der Waals surface area contributed by atoms with E-state index < -0.39 is 54.7 Å². The van der Waals surface area contributed by atoms with Crippen molar-refractivity contribution in [2.45, 2.75) is 34.7 Å². The van der Waals surface area contributed by atoms with Crippen LogP contribution in [0.4, 0.5) is 0 Å². The molecule has 0 bridgehead atoms. The highest BCUT2D eigenvalue weighted by Crippen LogP contribution is 2.63. The summed E-state index contributed by atoms with van der Waals surface area (Å²) in [5, 5.41) is 8.82. The SMILES string of the molecule is O=C1C(Cl)=C(Cl)C(=O)C2(Cl)C(c3ccc(O)cc3)C3=CCn4c(=O)n(-c5ccccc5)c(=O)n4C3CC12Cl. The third-order valence-corrected chi connectivity index (χ3v) is 9.80. The Morgan fingerprint density at radius 2 is 1.47 bits per heavy atom. The van der Waals surface area contributed by atoms with Crippen molar-refractivity contribution in [3.63, 3.8) is 0 Å². The number of para-hydroxylation sites is 1. The molecule has 0 spiro atoms. The molecule has 1 aliphatic heterocycles. The highest BCUT2D eigenvalue weighted by Gasteiger charge is 2.71. The molecular formula is C26H17Cl4N3O5. The van der Waals surface area contributed by atoms with Crippen LogP contribution in [0.2, 0.25) is 0 Å². The Hall–Kier alpha value is -3.04. The van der Waals surface area contributed by atoms with Crippen LogP contribution in [0.15, 0.2) is 85.9 Å². The van der Waals surface area contributed by atoms with Gasteiger partial charge in [0.25, 0.3) is 0 Å². The highest BCUT2D eigenvalue weighted by atomic mass is 35.5. The van der Waals surface area contributed by atoms with Gasteiger partial charge >= 0.3 is 11.4 Å². The zero-order valence-corrected chi connectivity index (χ0v) is 22.3. The number of aromatic nitrogens is 3. The van der Waals surface area contributed by atoms with E-state index in [2.05, 4.69) is 0 Å². The first-order chi connectivity index (χ1) is 18.0. The number of aromatic hydroxyl groups is 1. The quantitative estimate of drug-likeness (QED) is 0.358. The smallest absolute Gasteiger partial charge is 0.352 e. The topological polar surface area (TPSA) is 103 Å². The van der Waals surface area contributed by atoms with Gasteiger partial charge in [0.15, 0.2) is 11.6 Å². The van der Waals surface area contributed by atoms with Gasteiger partial charge in [0.1, 0.15) is 25.6 Å². The fourth-order valence-electron chi connectivity index (χ4n) is 5.81. The average Bonchev–Trinajstić information content (AvgIpc) is 3.17. The summed E-state index contributed by atoms with van der Waals surface area (Å²) in [7, 11) is 0. The molecule has 8 nitrogen and oxygen atoms in total. The Bertz CT molecular complexity index is 1720. The second-order valence-corrected chi connectivity index (χ2v) is 11.4. The van der Waals surface area contributed by atoms with Crippen molar-refractivity contribution < 1.29 is 14.7 Å². The monoisotopic (exact) mass is 591 g/mol. The Morgan fingerprint density at radius 3 is 2.13 bits per heavy atom. The van der Waals surface area contributed by atoms with E-state index in [1.165, 1.54) is 21.5 Å². The summed E-state index contributed by atoms with van der Waals surface area (Å²) < 4.78 is 3.55. The number of hydrogen-bond acceptors (Lipinski definition) is 5. The molecule has 1 aromatic heterocycles. The first-order valence-corrected chi connectivity index (χ1v) is 13.0. The number of nitrogens with zero attached hydrogens (tertiary/aromatic N) is 3. The van der Waals surface area contributed by atoms with Gasteiger partial charge in [0.2, 0.25) is 0 Å². The molecule has 2 aliphatic carbocycles. The van der Waals surface area contributed by atoms with E-state index in [4.69, 9.17) is 46.4 Å². The van der Waals surface area contributed by atoms with Crippen LogP contribution >= 0.6 is 46.4 Å². The van der Waals surface area contributed by atoms with Gasteiger partial charge in [-0.15, -0.1) is 23.2 Å². The fourth-order valence-corrected chi connectivity index (χ4v) is 7.33. The third-order valence-electron chi connectivity index (χ3n) is 7.54. The molecule has 0 amide bonds. The normalized spacial score (nSPS) is 28.5. The van der Waals surface area contributed by atoms with Gasteiger partial charge in [0.05, 0.1) is 18.3 Å². The van der Waals surface area contributed by atoms with Crippen LogP contribution in [-0.2, 0) is 16.1 Å². The molecule has 4 atom stereocenters. The van der Waals surface area contributed by atoms with Crippen LogP contribution in [0.25, 0.3) is 5.69 Å². The summed E-state index contributed by atoms with van der Waals surface area (Å²) in [6.45, 7) is 0.00302. The van der Waals surface area contributed by atoms with E-state index in [0.717, 1.165) is 4.57 Å². The van der Waals surface area contributed by atoms with E-state index >= 15 is 0 Å². The van der Waals surface area contributed by atoms with Crippen molar-refractivity contribution in [3.8, 4) is 11.4 Å². The molecule has 1 fully saturated rings. The standard InChI is InChI=1S/C26H17Cl4N3O5/c27-19-20(28)22(36)26(30)18(13-6-8-15(34)9-7-13)16-10-11-31-23(37)32(14-4-2-1-3-5-14)24(38)33(31)17(16)12-25(26,29)21(19)35/h1-10,17-18,34H,11-12H2. The van der Waals surface area contributed by atoms with E-state index in [1.54, 1.807) is 48.5 Å². The summed E-state index contributed by atoms with van der Waals surface area (Å²) in [6.07, 6.45) is 1.41. The predicted octanol–water partition coefficient (Wildman–Crippen LogP) is 3.97. The molecular weight excluding hydrogens is 576 g/mol. The lowest BCUT2D eigenvalue weighted by molar-refractivity contribution is -0.128. The molecule has 3 aliphatic rings. The van der Waals surface area contributed by atoms with Crippen molar-refractivity contribution in [2.24, 2.45) is 0 Å². The van der Waals surface area contributed by atoms with Gasteiger partial charge < -0.3 is 5.11 Å². The van der Waals surface area contributed by atoms with Gasteiger partial charge in [-0.2, -0.15) is 0 Å². The minimum Gasteiger partial charge on any atom is -0.508 e. The molecule has 6 rings (SSSR count). The van der Waals surface area contributed by atoms with Crippen molar-refractivity contribution in [1.29, 1.82) is 0 Å². The first-order valence-electron chi connectivity index (χ1n) is 11.5. The molecule has 4 unspecified atom stereocenters. The van der Waals surface area contributed by atoms with Crippen molar-refractivity contribution in [2.75, 3.05) is 0 Å². The molecule has 0 saturated heterocycles. The highest BCUT2D eigenvalue weighted by molar-refractivity contribution is 6.66. The zero-order valence-electron chi connectivity index (χ0n) is 19.3. The maximum absolute atomic E-state index is 13.7. The molecule has 12 heteroatoms. The number of hydrogen-bond donors (Lipinski definition) is 1. The Balaban J connectivity index is 1.64. The molecule has 2 aromatic carbocycles. The number of allylic oxidation sites excluding steroid dienone is 4. The van der Waals surface area contributed by atoms with Crippen LogP contribution in [0.3, 0.4) is 0 Å². The number of fused-ring (bicyclic) bond motifs is 4. The first kappa shape index (κ1) is 25.2. The fraction of sp³-hybridized carbons (Fsp3) is 0.231. The lowest BCUT2D eigenvalue weighted by Gasteiger charge is -2.54. The Morgan fingerprint density at radius 1 is 0.842 bits per heavy atom. The van der Waals surface area contributed by atoms with Crippen LogP contribution < -0.4 is 11.4 Å². The van der Waals surface area contributed by atoms with Crippen molar-refractivity contribution in [3.05, 3.63) is 103 Å². The summed E-state index contributed by atoms with van der Waals surface area (Å²) in [5.74, 6) is -2.75. The third kappa shape index (κ3) is 3.12. The lowest BCUT2D eigenvalue weighted by atomic mass is 9.59. The van der Waals surface area contributed by atoms with Gasteiger partial charge in [-0.25, -0.2) is 23.5 Å². The second-order valence-electron chi connectivity index (χ2n) is 9.41. The van der Waals surface area contributed by atoms with Crippen LogP contribution in [-0.4, -0.2) is 40.4 Å². The van der Waals surface area contributed by atoms with E-state index in [0.29, 0.717) is 16.8 Å². The van der Waals surface area contributed by atoms with Crippen LogP contribution in [0, 0.1) is 0 Å². The average molecular weight is 593 g/mol. The number of ketones is 2. The largest absolute Gasteiger partial charge is 0.508 e. The molecule has 1 saturated carbocycles. The van der Waals surface area contributed by atoms with Gasteiger partial charge in [0, 0.05) is 12.3 Å². The molecule has 194 valence electrons. The van der Waals surface area contributed by atoms with E-state index in [-0.39, 0.29) is 18.7 Å². The number of phenolic OH excluding ortho intramolecular Hbond substituents is 1. The number of carbonyl (C=O) groups excluding carboxylic acids is 2. The number of Topliss-reactive ketones (excluding diaryl/α,β-unsaturated/α-hetero) is 2. The van der Waals surface area contributed by atoms with E-state index in [1.807, 2.05) is 0 Å². The minimum absolute atomic E-state index is 0.00302. The maximum Gasteiger partial charge on any atom is 0.352 e. The molecule has 0 radical (unpaired) electrons. The maximum atomic E-state index is 13.7. The molecule has 38 heavy (non-hydrogen) atoms. The Kier molecular flexibility index (Phi) is 5.63. The number of rotatable bonds is 2. The number of carbonyl (C=O) groups is 2. The molecule has 1 N–H and O–H groups in total. The van der Waals surface area contributed by atoms with Crippen molar-refractivity contribution >= 4 is 58.0 Å². The van der Waals surface area contributed by atoms with Crippen LogP contribution in [0.1, 0.15) is 23.9 Å². The number of alkyl halides is 2. The zero-order chi connectivity index (χ0) is 27.1. The number of phenols is 1.